The molecule has 142 valence electrons. The van der Waals surface area contributed by atoms with Crippen molar-refractivity contribution in [3.05, 3.63) is 52.6 Å². The Morgan fingerprint density at radius 3 is 2.44 bits per heavy atom. The number of alkyl halides is 2. The van der Waals surface area contributed by atoms with Crippen molar-refractivity contribution in [3.8, 4) is 0 Å². The minimum Gasteiger partial charge on any atom is -0.394 e. The topological polar surface area (TPSA) is 84.2 Å². The Labute approximate surface area is 167 Å². The maximum absolute atomic E-state index is 14.0. The largest absolute Gasteiger partial charge is 0.394 e. The molecule has 0 aromatic heterocycles. The van der Waals surface area contributed by atoms with Crippen molar-refractivity contribution in [3.63, 3.8) is 0 Å². The number of carbonyl (C=O) groups excluding carboxylic acids is 2. The number of benzene rings is 2. The molecule has 1 unspecified atom stereocenters. The number of amides is 2. The molecular weight excluding hydrogens is 423 g/mol. The third-order valence-electron chi connectivity index (χ3n) is 4.00. The van der Waals surface area contributed by atoms with Gasteiger partial charge in [-0.2, -0.15) is 0 Å². The number of hydrogen-bond donors (Lipinski definition) is 3. The van der Waals surface area contributed by atoms with E-state index in [1.165, 1.54) is 18.2 Å². The zero-order valence-electron chi connectivity index (χ0n) is 13.5. The Kier molecular flexibility index (Phi) is 5.20. The van der Waals surface area contributed by atoms with Gasteiger partial charge in [-0.3, -0.25) is 9.59 Å². The van der Waals surface area contributed by atoms with E-state index in [1.807, 2.05) is 0 Å². The fourth-order valence-corrected chi connectivity index (χ4v) is 3.07. The lowest BCUT2D eigenvalue weighted by Crippen LogP contribution is -2.18. The average Bonchev–Trinajstić information content (AvgIpc) is 3.25. The lowest BCUT2D eigenvalue weighted by Gasteiger charge is -2.11. The molecule has 0 aliphatic heterocycles. The van der Waals surface area contributed by atoms with Gasteiger partial charge in [0.2, 0.25) is 5.91 Å². The Morgan fingerprint density at radius 1 is 1.15 bits per heavy atom. The van der Waals surface area contributed by atoms with Crippen LogP contribution >= 0.6 is 34.8 Å². The molecule has 10 heteroatoms. The summed E-state index contributed by atoms with van der Waals surface area (Å²) in [5.74, 6) is -3.76. The average molecular weight is 435 g/mol. The molecule has 1 atom stereocenters. The summed E-state index contributed by atoms with van der Waals surface area (Å²) in [6, 6.07) is 6.15. The first-order valence-electron chi connectivity index (χ1n) is 7.63. The summed E-state index contributed by atoms with van der Waals surface area (Å²) in [6.45, 7) is 0. The van der Waals surface area contributed by atoms with Crippen molar-refractivity contribution in [1.29, 1.82) is 0 Å². The van der Waals surface area contributed by atoms with Crippen LogP contribution in [0.1, 0.15) is 16.8 Å². The van der Waals surface area contributed by atoms with E-state index in [0.29, 0.717) is 6.42 Å². The fourth-order valence-electron chi connectivity index (χ4n) is 2.36. The van der Waals surface area contributed by atoms with Gasteiger partial charge in [-0.15, -0.1) is 23.2 Å². The van der Waals surface area contributed by atoms with Gasteiger partial charge in [0.1, 0.15) is 15.8 Å². The fraction of sp³-hybridized carbons (Fsp3) is 0.176. The quantitative estimate of drug-likeness (QED) is 0.486. The first-order valence-corrected chi connectivity index (χ1v) is 8.76. The van der Waals surface area contributed by atoms with Gasteiger partial charge in [-0.25, -0.2) is 8.78 Å². The van der Waals surface area contributed by atoms with Crippen LogP contribution in [0, 0.1) is 17.6 Å². The van der Waals surface area contributed by atoms with E-state index in [9.17, 15) is 18.4 Å². The number of anilines is 3. The molecule has 0 bridgehead atoms. The third kappa shape index (κ3) is 4.10. The summed E-state index contributed by atoms with van der Waals surface area (Å²) in [5, 5.41) is 4.91. The van der Waals surface area contributed by atoms with Crippen molar-refractivity contribution in [1.82, 2.24) is 0 Å². The Morgan fingerprint density at radius 2 is 1.81 bits per heavy atom. The van der Waals surface area contributed by atoms with Crippen molar-refractivity contribution in [2.75, 3.05) is 16.4 Å². The Bertz CT molecular complexity index is 953. The SMILES string of the molecule is Nc1c(F)ccc(NC(=O)c2cc(NC(=O)C3CC3(Cl)Cl)ccc2Cl)c1F. The zero-order chi connectivity index (χ0) is 19.9. The molecule has 27 heavy (non-hydrogen) atoms. The number of hydrogen-bond acceptors (Lipinski definition) is 3. The maximum atomic E-state index is 14.0. The van der Waals surface area contributed by atoms with Crippen molar-refractivity contribution < 1.29 is 18.4 Å². The van der Waals surface area contributed by atoms with Crippen LogP contribution in [-0.2, 0) is 4.79 Å². The van der Waals surface area contributed by atoms with Gasteiger partial charge in [0.05, 0.1) is 22.2 Å². The summed E-state index contributed by atoms with van der Waals surface area (Å²) >= 11 is 17.7. The predicted molar refractivity (Wildman–Crippen MR) is 101 cm³/mol. The van der Waals surface area contributed by atoms with Crippen LogP contribution in [0.15, 0.2) is 30.3 Å². The van der Waals surface area contributed by atoms with Crippen LogP contribution in [0.3, 0.4) is 0 Å². The number of rotatable bonds is 4. The zero-order valence-corrected chi connectivity index (χ0v) is 15.7. The predicted octanol–water partition coefficient (Wildman–Crippen LogP) is 4.59. The molecule has 0 saturated heterocycles. The minimum atomic E-state index is -1.10. The Hall–Kier alpha value is -2.09. The molecule has 1 aliphatic carbocycles. The first-order chi connectivity index (χ1) is 12.6. The van der Waals surface area contributed by atoms with Crippen LogP contribution in [0.5, 0.6) is 0 Å². The lowest BCUT2D eigenvalue weighted by molar-refractivity contribution is -0.117. The number of nitrogens with one attached hydrogen (secondary N) is 2. The summed E-state index contributed by atoms with van der Waals surface area (Å²) in [6.07, 6.45) is 0.328. The van der Waals surface area contributed by atoms with E-state index >= 15 is 0 Å². The van der Waals surface area contributed by atoms with E-state index in [-0.39, 0.29) is 22.0 Å². The molecule has 2 aromatic rings. The van der Waals surface area contributed by atoms with E-state index in [2.05, 4.69) is 10.6 Å². The van der Waals surface area contributed by atoms with Gasteiger partial charge >= 0.3 is 0 Å². The van der Waals surface area contributed by atoms with Gasteiger partial charge in [-0.05, 0) is 36.8 Å². The highest BCUT2D eigenvalue weighted by atomic mass is 35.5. The molecular formula is C17H12Cl3F2N3O2. The highest BCUT2D eigenvalue weighted by Gasteiger charge is 2.56. The Balaban J connectivity index is 1.79. The van der Waals surface area contributed by atoms with E-state index in [0.717, 1.165) is 12.1 Å². The molecule has 1 aliphatic rings. The van der Waals surface area contributed by atoms with Crippen LogP contribution in [0.25, 0.3) is 0 Å². The van der Waals surface area contributed by atoms with Crippen molar-refractivity contribution >= 4 is 63.7 Å². The third-order valence-corrected chi connectivity index (χ3v) is 5.16. The van der Waals surface area contributed by atoms with E-state index < -0.39 is 39.4 Å². The first kappa shape index (κ1) is 19.7. The van der Waals surface area contributed by atoms with Crippen LogP contribution in [-0.4, -0.2) is 16.1 Å². The van der Waals surface area contributed by atoms with Gasteiger partial charge in [-0.1, -0.05) is 11.6 Å². The normalized spacial score (nSPS) is 17.3. The molecule has 0 radical (unpaired) electrons. The molecule has 3 rings (SSSR count). The molecule has 0 spiro atoms. The van der Waals surface area contributed by atoms with Gasteiger partial charge < -0.3 is 16.4 Å². The van der Waals surface area contributed by atoms with Gasteiger partial charge in [0.25, 0.3) is 5.91 Å². The maximum Gasteiger partial charge on any atom is 0.257 e. The summed E-state index contributed by atoms with van der Waals surface area (Å²) in [4.78, 5) is 24.5. The monoisotopic (exact) mass is 433 g/mol. The molecule has 2 aromatic carbocycles. The standard InChI is InChI=1S/C17H12Cl3F2N3O2/c18-10-2-1-7(24-16(27)9-6-17(9,19)20)5-8(10)15(26)25-12-4-3-11(21)14(23)13(12)22/h1-5,9H,6,23H2,(H,24,27)(H,25,26). The number of halogens is 5. The van der Waals surface area contributed by atoms with E-state index in [1.54, 1.807) is 0 Å². The summed E-state index contributed by atoms with van der Waals surface area (Å²) in [5.41, 5.74) is 4.49. The van der Waals surface area contributed by atoms with Gasteiger partial charge in [0.15, 0.2) is 5.82 Å². The van der Waals surface area contributed by atoms with Crippen LogP contribution < -0.4 is 16.4 Å². The molecule has 0 heterocycles. The number of nitrogens with two attached hydrogens (primary N) is 1. The highest BCUT2D eigenvalue weighted by molar-refractivity contribution is 6.52. The highest BCUT2D eigenvalue weighted by Crippen LogP contribution is 2.53. The van der Waals surface area contributed by atoms with Crippen molar-refractivity contribution in [2.45, 2.75) is 10.8 Å². The summed E-state index contributed by atoms with van der Waals surface area (Å²) in [7, 11) is 0. The number of carbonyl (C=O) groups is 2. The molecule has 4 N–H and O–H groups in total. The molecule has 1 fully saturated rings. The summed E-state index contributed by atoms with van der Waals surface area (Å²) < 4.78 is 26.1. The second-order valence-corrected chi connectivity index (χ2v) is 7.93. The lowest BCUT2D eigenvalue weighted by atomic mass is 10.1. The second kappa shape index (κ2) is 7.14. The smallest absolute Gasteiger partial charge is 0.257 e. The minimum absolute atomic E-state index is 0.0319. The number of nitrogen functional groups attached to an aromatic ring is 1. The molecule has 1 saturated carbocycles. The van der Waals surface area contributed by atoms with Crippen LogP contribution in [0.2, 0.25) is 5.02 Å². The van der Waals surface area contributed by atoms with Crippen LogP contribution in [0.4, 0.5) is 25.8 Å². The molecule has 2 amide bonds. The molecule has 5 nitrogen and oxygen atoms in total. The second-order valence-electron chi connectivity index (χ2n) is 5.98. The van der Waals surface area contributed by atoms with Crippen molar-refractivity contribution in [2.24, 2.45) is 5.92 Å². The van der Waals surface area contributed by atoms with Gasteiger partial charge in [0, 0.05) is 5.69 Å². The van der Waals surface area contributed by atoms with E-state index in [4.69, 9.17) is 40.5 Å².